The SMILES string of the molecule is CC/C=C\C/C=C\C/C=C\C/C=C\C/C=C\C/C=C\C/C=C\C/C=C\C/C=C\C/C=C\C/C=C\C/C=C\CCCCCCC(=O)OC(COC(=O)CCCCCCCCCCCCCC/C=C\C/C=C\C/C=C\C/C=C\C/C=C\C/C=C\CC)COP(=O)([O-])OCC[N+](C)(C)C. The zero-order valence-electron chi connectivity index (χ0n) is 61.2. The third kappa shape index (κ3) is 77.3. The first-order valence-electron chi connectivity index (χ1n) is 37.4. The minimum absolute atomic E-state index is 0.0480. The van der Waals surface area contributed by atoms with Crippen LogP contribution in [0, 0.1) is 0 Å². The molecule has 0 amide bonds. The summed E-state index contributed by atoms with van der Waals surface area (Å²) >= 11 is 0. The second-order valence-electron chi connectivity index (χ2n) is 25.2. The molecule has 0 saturated carbocycles. The number of carbonyl (C=O) groups excluding carboxylic acids is 2. The molecule has 0 heterocycles. The van der Waals surface area contributed by atoms with Crippen molar-refractivity contribution >= 4 is 19.8 Å². The van der Waals surface area contributed by atoms with Crippen molar-refractivity contribution in [2.75, 3.05) is 47.5 Å². The number of ether oxygens (including phenoxy) is 2. The number of carbonyl (C=O) groups is 2. The van der Waals surface area contributed by atoms with E-state index in [0.29, 0.717) is 23.9 Å². The van der Waals surface area contributed by atoms with Crippen molar-refractivity contribution in [3.05, 3.63) is 219 Å². The minimum Gasteiger partial charge on any atom is -0.756 e. The maximum absolute atomic E-state index is 12.9. The topological polar surface area (TPSA) is 111 Å². The summed E-state index contributed by atoms with van der Waals surface area (Å²) in [5.74, 6) is -0.879. The third-order valence-electron chi connectivity index (χ3n) is 15.0. The van der Waals surface area contributed by atoms with Crippen LogP contribution in [0.2, 0.25) is 0 Å². The molecule has 2 atom stereocenters. The van der Waals surface area contributed by atoms with E-state index in [1.54, 1.807) is 0 Å². The lowest BCUT2D eigenvalue weighted by molar-refractivity contribution is -0.870. The molecule has 0 aliphatic rings. The number of phosphoric acid groups is 1. The number of phosphoric ester groups is 1. The number of hydrogen-bond acceptors (Lipinski definition) is 8. The zero-order valence-corrected chi connectivity index (χ0v) is 62.1. The molecule has 0 saturated heterocycles. The van der Waals surface area contributed by atoms with Crippen LogP contribution >= 0.6 is 7.82 Å². The summed E-state index contributed by atoms with van der Waals surface area (Å²) in [7, 11) is 1.12. The summed E-state index contributed by atoms with van der Waals surface area (Å²) in [4.78, 5) is 38.1. The molecule has 538 valence electrons. The third-order valence-corrected chi connectivity index (χ3v) is 16.0. The molecule has 0 radical (unpaired) electrons. The van der Waals surface area contributed by atoms with Gasteiger partial charge in [0.25, 0.3) is 7.82 Å². The van der Waals surface area contributed by atoms with Crippen LogP contribution in [0.15, 0.2) is 219 Å². The normalized spacial score (nSPS) is 14.4. The lowest BCUT2D eigenvalue weighted by Crippen LogP contribution is -2.37. The molecule has 2 unspecified atom stereocenters. The average molecular weight is 1340 g/mol. The van der Waals surface area contributed by atoms with E-state index < -0.39 is 32.5 Å². The smallest absolute Gasteiger partial charge is 0.306 e. The van der Waals surface area contributed by atoms with E-state index in [1.807, 2.05) is 21.1 Å². The Balaban J connectivity index is 4.18. The average Bonchev–Trinajstić information content (AvgIpc) is 2.54. The summed E-state index contributed by atoms with van der Waals surface area (Å²) in [6.07, 6.45) is 117. The van der Waals surface area contributed by atoms with Gasteiger partial charge in [-0.25, -0.2) is 0 Å². The number of allylic oxidation sites excluding steroid dienone is 36. The van der Waals surface area contributed by atoms with E-state index in [9.17, 15) is 19.0 Å². The molecule has 0 fully saturated rings. The van der Waals surface area contributed by atoms with Crippen LogP contribution in [-0.2, 0) is 32.7 Å². The Kier molecular flexibility index (Phi) is 69.2. The van der Waals surface area contributed by atoms with E-state index in [2.05, 4.69) is 233 Å². The van der Waals surface area contributed by atoms with Crippen LogP contribution in [0.1, 0.15) is 258 Å². The van der Waals surface area contributed by atoms with Crippen LogP contribution in [-0.4, -0.2) is 70.0 Å². The summed E-state index contributed by atoms with van der Waals surface area (Å²) in [6.45, 7) is 3.96. The number of rotatable bonds is 66. The monoisotopic (exact) mass is 1340 g/mol. The van der Waals surface area contributed by atoms with Crippen LogP contribution in [0.25, 0.3) is 0 Å². The maximum Gasteiger partial charge on any atom is 0.306 e. The lowest BCUT2D eigenvalue weighted by Gasteiger charge is -2.28. The number of quaternary nitrogens is 1. The molecule has 0 aliphatic heterocycles. The Morgan fingerprint density at radius 1 is 0.323 bits per heavy atom. The minimum atomic E-state index is -4.67. The van der Waals surface area contributed by atoms with Crippen molar-refractivity contribution in [2.45, 2.75) is 264 Å². The van der Waals surface area contributed by atoms with Gasteiger partial charge in [0, 0.05) is 12.8 Å². The predicted molar refractivity (Wildman–Crippen MR) is 415 cm³/mol. The molecule has 96 heavy (non-hydrogen) atoms. The Morgan fingerprint density at radius 2 is 0.562 bits per heavy atom. The second kappa shape index (κ2) is 73.6. The van der Waals surface area contributed by atoms with Gasteiger partial charge in [-0.1, -0.05) is 310 Å². The summed E-state index contributed by atoms with van der Waals surface area (Å²) in [6, 6.07) is 0. The van der Waals surface area contributed by atoms with Gasteiger partial charge < -0.3 is 27.9 Å². The highest BCUT2D eigenvalue weighted by molar-refractivity contribution is 7.45. The van der Waals surface area contributed by atoms with E-state index in [4.69, 9.17) is 18.5 Å². The maximum atomic E-state index is 12.9. The number of unbranched alkanes of at least 4 members (excludes halogenated alkanes) is 16. The van der Waals surface area contributed by atoms with Crippen LogP contribution < -0.4 is 4.89 Å². The molecule has 0 aromatic rings. The van der Waals surface area contributed by atoms with Crippen molar-refractivity contribution in [1.82, 2.24) is 0 Å². The summed E-state index contributed by atoms with van der Waals surface area (Å²) in [5.41, 5.74) is 0. The quantitative estimate of drug-likeness (QED) is 0.0195. The van der Waals surface area contributed by atoms with Gasteiger partial charge in [-0.3, -0.25) is 14.2 Å². The fourth-order valence-corrected chi connectivity index (χ4v) is 10.1. The van der Waals surface area contributed by atoms with E-state index in [0.717, 1.165) is 161 Å². The molecule has 0 bridgehead atoms. The standard InChI is InChI=1S/C86H136NO8P/c1-6-8-10-12-14-16-18-20-22-24-26-28-30-32-34-36-38-39-40-41-42-43-44-45-46-47-49-51-53-55-57-59-61-63-65-67-69-71-73-75-77-79-86(89)95-84(83-94-96(90,91)93-81-80-87(3,4)5)82-92-85(88)78-76-74-72-70-68-66-64-62-60-58-56-54-52-50-48-37-35-33-31-29-27-25-23-21-19-17-15-13-11-9-7-2/h8-11,14-17,20-23,26-29,32-35,38-39,41-42,44-45,47-50,53,55,59,61,65,67,84H,6-7,12-13,18-19,24-25,30-31,36-37,40,43,46,51-52,54,56-58,60,62-64,66,68-83H2,1-5H3/b10-8-,11-9-,16-14-,17-15-,22-20-,23-21-,28-26-,29-27-,34-32-,35-33-,39-38-,42-41-,45-44-,49-47-,50-48-,55-53-,61-59-,67-65-. The van der Waals surface area contributed by atoms with E-state index in [1.165, 1.54) is 57.8 Å². The van der Waals surface area contributed by atoms with Crippen molar-refractivity contribution in [3.8, 4) is 0 Å². The molecular formula is C86H136NO8P. The molecule has 0 aromatic carbocycles. The Bertz CT molecular complexity index is 2430. The molecule has 9 nitrogen and oxygen atoms in total. The van der Waals surface area contributed by atoms with Gasteiger partial charge in [0.05, 0.1) is 27.7 Å². The first-order chi connectivity index (χ1) is 47.0. The van der Waals surface area contributed by atoms with Crippen molar-refractivity contribution in [3.63, 3.8) is 0 Å². The van der Waals surface area contributed by atoms with Crippen molar-refractivity contribution in [2.24, 2.45) is 0 Å². The fraction of sp³-hybridized carbons (Fsp3) is 0.558. The predicted octanol–water partition coefficient (Wildman–Crippen LogP) is 24.5. The molecule has 0 rings (SSSR count). The van der Waals surface area contributed by atoms with Crippen LogP contribution in [0.4, 0.5) is 0 Å². The molecule has 0 aromatic heterocycles. The van der Waals surface area contributed by atoms with E-state index >= 15 is 0 Å². The van der Waals surface area contributed by atoms with Gasteiger partial charge in [-0.15, -0.1) is 0 Å². The molecule has 10 heteroatoms. The van der Waals surface area contributed by atoms with Gasteiger partial charge in [0.1, 0.15) is 19.8 Å². The van der Waals surface area contributed by atoms with Gasteiger partial charge in [-0.05, 0) is 154 Å². The number of nitrogens with zero attached hydrogens (tertiary/aromatic N) is 1. The molecule has 0 spiro atoms. The second-order valence-corrected chi connectivity index (χ2v) is 26.6. The number of esters is 2. The highest BCUT2D eigenvalue weighted by Crippen LogP contribution is 2.38. The molecule has 0 aliphatic carbocycles. The Labute approximate surface area is 588 Å². The van der Waals surface area contributed by atoms with Crippen molar-refractivity contribution in [1.29, 1.82) is 0 Å². The van der Waals surface area contributed by atoms with Crippen LogP contribution in [0.5, 0.6) is 0 Å². The summed E-state index contributed by atoms with van der Waals surface area (Å²) in [5, 5.41) is 0. The highest BCUT2D eigenvalue weighted by atomic mass is 31.2. The Hall–Kier alpha value is -5.67. The van der Waals surface area contributed by atoms with Gasteiger partial charge in [0.15, 0.2) is 6.10 Å². The van der Waals surface area contributed by atoms with Gasteiger partial charge in [0.2, 0.25) is 0 Å². The Morgan fingerprint density at radius 3 is 0.833 bits per heavy atom. The zero-order chi connectivity index (χ0) is 69.7. The lowest BCUT2D eigenvalue weighted by atomic mass is 10.0. The number of hydrogen-bond donors (Lipinski definition) is 0. The van der Waals surface area contributed by atoms with Crippen molar-refractivity contribution < 1.29 is 42.1 Å². The number of likely N-dealkylation sites (N-methyl/N-ethyl adjacent to an activating group) is 1. The van der Waals surface area contributed by atoms with Gasteiger partial charge in [-0.2, -0.15) is 0 Å². The van der Waals surface area contributed by atoms with Crippen LogP contribution in [0.3, 0.4) is 0 Å². The first kappa shape index (κ1) is 90.3. The largest absolute Gasteiger partial charge is 0.756 e. The highest BCUT2D eigenvalue weighted by Gasteiger charge is 2.22. The van der Waals surface area contributed by atoms with E-state index in [-0.39, 0.29) is 26.1 Å². The molecule has 0 N–H and O–H groups in total. The summed E-state index contributed by atoms with van der Waals surface area (Å²) < 4.78 is 34.3. The molecular weight excluding hydrogens is 1210 g/mol. The first-order valence-corrected chi connectivity index (χ1v) is 38.9. The van der Waals surface area contributed by atoms with Gasteiger partial charge >= 0.3 is 11.9 Å². The fourth-order valence-electron chi connectivity index (χ4n) is 9.35.